The normalized spacial score (nSPS) is 11.2. The lowest BCUT2D eigenvalue weighted by Crippen LogP contribution is -1.92. The average Bonchev–Trinajstić information content (AvgIpc) is 3.59. The van der Waals surface area contributed by atoms with Gasteiger partial charge in [-0.25, -0.2) is 14.5 Å². The molecule has 0 saturated heterocycles. The molecule has 0 N–H and O–H groups in total. The first-order chi connectivity index (χ1) is 18.6. The second kappa shape index (κ2) is 9.44. The molecular weight excluding hydrogens is 484 g/mol. The Hall–Kier alpha value is -5.05. The molecule has 9 heteroatoms. The minimum Gasteiger partial charge on any atom is -0.497 e. The molecule has 0 aliphatic carbocycles. The number of furan rings is 1. The van der Waals surface area contributed by atoms with Gasteiger partial charge in [-0.1, -0.05) is 12.1 Å². The van der Waals surface area contributed by atoms with Crippen LogP contribution in [0.25, 0.3) is 50.6 Å². The van der Waals surface area contributed by atoms with Crippen molar-refractivity contribution < 1.29 is 23.4 Å². The van der Waals surface area contributed by atoms with Crippen LogP contribution < -0.4 is 18.9 Å². The van der Waals surface area contributed by atoms with E-state index in [1.807, 2.05) is 66.7 Å². The number of aromatic nitrogens is 4. The minimum atomic E-state index is 0.459. The standard InChI is InChI=1S/C29H24N4O5/c1-34-20-10-5-17(6-11-20)24-25-28-31-27(19-9-14-22(36-3)23(15-19)37-4)32-33(28)16-30-29(25)38-26(24)18-7-12-21(35-2)13-8-18/h5-16H,1-4H3. The summed E-state index contributed by atoms with van der Waals surface area (Å²) in [7, 11) is 6.48. The number of benzene rings is 3. The molecule has 3 aromatic heterocycles. The van der Waals surface area contributed by atoms with Crippen LogP contribution in [0.2, 0.25) is 0 Å². The molecule has 0 fully saturated rings. The maximum absolute atomic E-state index is 6.36. The third-order valence-corrected chi connectivity index (χ3v) is 6.40. The molecule has 0 saturated carbocycles. The number of fused-ring (bicyclic) bond motifs is 3. The third kappa shape index (κ3) is 3.85. The fourth-order valence-corrected chi connectivity index (χ4v) is 4.48. The molecule has 6 aromatic rings. The zero-order chi connectivity index (χ0) is 26.2. The summed E-state index contributed by atoms with van der Waals surface area (Å²) in [6.45, 7) is 0. The van der Waals surface area contributed by atoms with E-state index in [2.05, 4.69) is 4.98 Å². The Morgan fingerprint density at radius 3 is 1.95 bits per heavy atom. The molecule has 190 valence electrons. The van der Waals surface area contributed by atoms with Gasteiger partial charge in [-0.15, -0.1) is 5.10 Å². The lowest BCUT2D eigenvalue weighted by molar-refractivity contribution is 0.355. The van der Waals surface area contributed by atoms with Crippen LogP contribution in [0.1, 0.15) is 0 Å². The lowest BCUT2D eigenvalue weighted by atomic mass is 9.99. The van der Waals surface area contributed by atoms with Gasteiger partial charge in [0.05, 0.1) is 33.8 Å². The monoisotopic (exact) mass is 508 g/mol. The van der Waals surface area contributed by atoms with Crippen molar-refractivity contribution in [2.45, 2.75) is 0 Å². The maximum atomic E-state index is 6.36. The van der Waals surface area contributed by atoms with Crippen LogP contribution in [0.5, 0.6) is 23.0 Å². The van der Waals surface area contributed by atoms with Crippen molar-refractivity contribution in [2.75, 3.05) is 28.4 Å². The molecule has 0 atom stereocenters. The van der Waals surface area contributed by atoms with Gasteiger partial charge in [0.2, 0.25) is 5.71 Å². The smallest absolute Gasteiger partial charge is 0.232 e. The summed E-state index contributed by atoms with van der Waals surface area (Å²) in [6.07, 6.45) is 1.61. The first-order valence-corrected chi connectivity index (χ1v) is 11.8. The Balaban J connectivity index is 1.60. The summed E-state index contributed by atoms with van der Waals surface area (Å²) in [5.41, 5.74) is 4.53. The molecule has 3 aromatic carbocycles. The largest absolute Gasteiger partial charge is 0.497 e. The van der Waals surface area contributed by atoms with E-state index in [-0.39, 0.29) is 0 Å². The third-order valence-electron chi connectivity index (χ3n) is 6.40. The second-order valence-corrected chi connectivity index (χ2v) is 8.46. The SMILES string of the molecule is COc1ccc(-c2oc3ncn4nc(-c5ccc(OC)c(OC)c5)nc4c3c2-c2ccc(OC)cc2)cc1. The average molecular weight is 509 g/mol. The Bertz CT molecular complexity index is 1760. The lowest BCUT2D eigenvalue weighted by Gasteiger charge is -2.07. The predicted molar refractivity (Wildman–Crippen MR) is 143 cm³/mol. The summed E-state index contributed by atoms with van der Waals surface area (Å²) >= 11 is 0. The number of nitrogens with zero attached hydrogens (tertiary/aromatic N) is 4. The zero-order valence-electron chi connectivity index (χ0n) is 21.3. The van der Waals surface area contributed by atoms with Gasteiger partial charge in [0.1, 0.15) is 23.6 Å². The molecule has 0 aliphatic rings. The fraction of sp³-hybridized carbons (Fsp3) is 0.138. The molecule has 3 heterocycles. The van der Waals surface area contributed by atoms with Gasteiger partial charge < -0.3 is 23.4 Å². The van der Waals surface area contributed by atoms with Crippen molar-refractivity contribution in [1.29, 1.82) is 0 Å². The van der Waals surface area contributed by atoms with Crippen molar-refractivity contribution >= 4 is 16.7 Å². The van der Waals surface area contributed by atoms with E-state index in [1.165, 1.54) is 0 Å². The Labute approximate surface area is 218 Å². The summed E-state index contributed by atoms with van der Waals surface area (Å²) in [5, 5.41) is 5.45. The molecular formula is C29H24N4O5. The van der Waals surface area contributed by atoms with Crippen LogP contribution in [0.3, 0.4) is 0 Å². The van der Waals surface area contributed by atoms with E-state index in [1.54, 1.807) is 39.3 Å². The molecule has 0 spiro atoms. The Kier molecular flexibility index (Phi) is 5.80. The first-order valence-electron chi connectivity index (χ1n) is 11.8. The maximum Gasteiger partial charge on any atom is 0.232 e. The van der Waals surface area contributed by atoms with E-state index in [0.29, 0.717) is 34.4 Å². The second-order valence-electron chi connectivity index (χ2n) is 8.46. The van der Waals surface area contributed by atoms with Gasteiger partial charge in [-0.3, -0.25) is 0 Å². The topological polar surface area (TPSA) is 93.1 Å². The molecule has 0 unspecified atom stereocenters. The number of rotatable bonds is 7. The predicted octanol–water partition coefficient (Wildman–Crippen LogP) is 5.91. The van der Waals surface area contributed by atoms with Gasteiger partial charge in [0.25, 0.3) is 0 Å². The van der Waals surface area contributed by atoms with Gasteiger partial charge in [0.15, 0.2) is 23.0 Å². The Morgan fingerprint density at radius 1 is 0.684 bits per heavy atom. The quantitative estimate of drug-likeness (QED) is 0.263. The molecule has 38 heavy (non-hydrogen) atoms. The Morgan fingerprint density at radius 2 is 1.32 bits per heavy atom. The summed E-state index contributed by atoms with van der Waals surface area (Å²) in [4.78, 5) is 9.48. The van der Waals surface area contributed by atoms with Crippen molar-refractivity contribution in [3.8, 4) is 56.8 Å². The summed E-state index contributed by atoms with van der Waals surface area (Å²) in [5.74, 6) is 3.93. The van der Waals surface area contributed by atoms with Crippen LogP contribution in [0.4, 0.5) is 0 Å². The van der Waals surface area contributed by atoms with Crippen LogP contribution >= 0.6 is 0 Å². The van der Waals surface area contributed by atoms with E-state index in [9.17, 15) is 0 Å². The van der Waals surface area contributed by atoms with Gasteiger partial charge in [-0.2, -0.15) is 0 Å². The number of hydrogen-bond donors (Lipinski definition) is 0. The van der Waals surface area contributed by atoms with Gasteiger partial charge in [0, 0.05) is 16.7 Å². The van der Waals surface area contributed by atoms with Crippen molar-refractivity contribution in [1.82, 2.24) is 19.6 Å². The minimum absolute atomic E-state index is 0.459. The van der Waals surface area contributed by atoms with E-state index in [4.69, 9.17) is 33.4 Å². The number of methoxy groups -OCH3 is 4. The highest BCUT2D eigenvalue weighted by Gasteiger charge is 2.23. The molecule has 6 rings (SSSR count). The molecule has 0 amide bonds. The van der Waals surface area contributed by atoms with Crippen LogP contribution in [0.15, 0.2) is 77.5 Å². The van der Waals surface area contributed by atoms with E-state index < -0.39 is 0 Å². The van der Waals surface area contributed by atoms with Crippen molar-refractivity contribution in [3.05, 3.63) is 73.1 Å². The van der Waals surface area contributed by atoms with E-state index in [0.717, 1.165) is 39.1 Å². The van der Waals surface area contributed by atoms with Crippen molar-refractivity contribution in [2.24, 2.45) is 0 Å². The zero-order valence-corrected chi connectivity index (χ0v) is 21.3. The number of ether oxygens (including phenoxy) is 4. The molecule has 0 radical (unpaired) electrons. The van der Waals surface area contributed by atoms with Crippen LogP contribution in [-0.2, 0) is 0 Å². The van der Waals surface area contributed by atoms with Crippen LogP contribution in [0, 0.1) is 0 Å². The summed E-state index contributed by atoms with van der Waals surface area (Å²) in [6, 6.07) is 21.1. The molecule has 0 aliphatic heterocycles. The van der Waals surface area contributed by atoms with Crippen molar-refractivity contribution in [3.63, 3.8) is 0 Å². The summed E-state index contributed by atoms with van der Waals surface area (Å²) < 4.78 is 29.6. The molecule has 9 nitrogen and oxygen atoms in total. The molecule has 0 bridgehead atoms. The van der Waals surface area contributed by atoms with Crippen LogP contribution in [-0.4, -0.2) is 48.0 Å². The highest BCUT2D eigenvalue weighted by molar-refractivity contribution is 6.07. The number of hydrogen-bond acceptors (Lipinski definition) is 8. The highest BCUT2D eigenvalue weighted by atomic mass is 16.5. The van der Waals surface area contributed by atoms with Gasteiger partial charge >= 0.3 is 0 Å². The first kappa shape index (κ1) is 23.4. The van der Waals surface area contributed by atoms with Gasteiger partial charge in [-0.05, 0) is 60.2 Å². The highest BCUT2D eigenvalue weighted by Crippen LogP contribution is 2.42. The fourth-order valence-electron chi connectivity index (χ4n) is 4.48. The van der Waals surface area contributed by atoms with E-state index >= 15 is 0 Å².